The molecule has 0 atom stereocenters. The fourth-order valence-corrected chi connectivity index (χ4v) is 4.57. The van der Waals surface area contributed by atoms with E-state index >= 15 is 0 Å². The molecule has 0 radical (unpaired) electrons. The number of phenolic OH excluding ortho intramolecular Hbond substituents is 1. The summed E-state index contributed by atoms with van der Waals surface area (Å²) in [5.41, 5.74) is 4.03. The molecule has 6 nitrogen and oxygen atoms in total. The molecule has 0 bridgehead atoms. The maximum Gasteiger partial charge on any atom is 0.416 e. The zero-order valence-corrected chi connectivity index (χ0v) is 22.4. The molecule has 1 heterocycles. The number of alkyl halides is 3. The first kappa shape index (κ1) is 28.2. The summed E-state index contributed by atoms with van der Waals surface area (Å²) < 4.78 is 40.5. The molecule has 1 aromatic heterocycles. The minimum atomic E-state index is -4.45. The summed E-state index contributed by atoms with van der Waals surface area (Å²) in [4.78, 5) is 26.1. The molecule has 0 saturated carbocycles. The van der Waals surface area contributed by atoms with Gasteiger partial charge < -0.3 is 20.3 Å². The minimum absolute atomic E-state index is 0.199. The smallest absolute Gasteiger partial charge is 0.416 e. The summed E-state index contributed by atoms with van der Waals surface area (Å²) in [5.74, 6) is -0.591. The van der Waals surface area contributed by atoms with E-state index in [1.165, 1.54) is 12.1 Å². The van der Waals surface area contributed by atoms with Crippen LogP contribution in [0.3, 0.4) is 0 Å². The molecular weight excluding hydrogens is 543 g/mol. The molecule has 42 heavy (non-hydrogen) atoms. The molecule has 5 rings (SSSR count). The van der Waals surface area contributed by atoms with Crippen LogP contribution >= 0.6 is 0 Å². The molecule has 3 N–H and O–H groups in total. The predicted octanol–water partition coefficient (Wildman–Crippen LogP) is 7.27. The Morgan fingerprint density at radius 3 is 2.02 bits per heavy atom. The Labute approximate surface area is 240 Å². The van der Waals surface area contributed by atoms with Crippen molar-refractivity contribution in [3.8, 4) is 28.0 Å². The number of nitrogens with zero attached hydrogens (tertiary/aromatic N) is 1. The highest BCUT2D eigenvalue weighted by atomic mass is 19.4. The normalized spacial score (nSPS) is 11.2. The Kier molecular flexibility index (Phi) is 7.84. The Hall–Kier alpha value is -5.31. The number of nitrogens with one attached hydrogen (secondary N) is 2. The molecule has 0 unspecified atom stereocenters. The zero-order valence-electron chi connectivity index (χ0n) is 22.4. The number of carbonyl (C=O) groups is 2. The van der Waals surface area contributed by atoms with Crippen LogP contribution in [0.15, 0.2) is 109 Å². The van der Waals surface area contributed by atoms with Crippen LogP contribution < -0.4 is 10.6 Å². The van der Waals surface area contributed by atoms with Gasteiger partial charge in [-0.05, 0) is 64.2 Å². The molecule has 212 valence electrons. The standard InChI is InChI=1S/C33H26F3N3O3/c1-39-20-26(38-31(41)29-5-3-2-4-28(29)24-10-14-25(15-11-24)33(34,35)36)18-30(39)32(42)37-19-21-6-8-22(9-7-21)23-12-16-27(40)17-13-23/h2-18,20,40H,19H2,1H3,(H,37,42)(H,38,41). The van der Waals surface area contributed by atoms with Gasteiger partial charge in [-0.25, -0.2) is 0 Å². The van der Waals surface area contributed by atoms with E-state index in [2.05, 4.69) is 10.6 Å². The van der Waals surface area contributed by atoms with Crippen molar-refractivity contribution in [2.75, 3.05) is 5.32 Å². The van der Waals surface area contributed by atoms with Gasteiger partial charge >= 0.3 is 6.18 Å². The van der Waals surface area contributed by atoms with E-state index in [0.717, 1.165) is 28.8 Å². The number of phenols is 1. The molecule has 0 aliphatic rings. The van der Waals surface area contributed by atoms with Crippen LogP contribution in [0.25, 0.3) is 22.3 Å². The molecule has 0 aliphatic heterocycles. The number of aromatic nitrogens is 1. The number of hydrogen-bond donors (Lipinski definition) is 3. The van der Waals surface area contributed by atoms with Crippen LogP contribution in [0.2, 0.25) is 0 Å². The second-order valence-corrected chi connectivity index (χ2v) is 9.73. The van der Waals surface area contributed by atoms with Crippen LogP contribution in [-0.4, -0.2) is 21.5 Å². The van der Waals surface area contributed by atoms with Crippen LogP contribution in [0, 0.1) is 0 Å². The number of rotatable bonds is 7. The number of carbonyl (C=O) groups excluding carboxylic acids is 2. The van der Waals surface area contributed by atoms with Gasteiger partial charge in [0, 0.05) is 25.4 Å². The monoisotopic (exact) mass is 569 g/mol. The third-order valence-corrected chi connectivity index (χ3v) is 6.80. The highest BCUT2D eigenvalue weighted by Crippen LogP contribution is 2.32. The third kappa shape index (κ3) is 6.36. The number of aromatic hydroxyl groups is 1. The lowest BCUT2D eigenvalue weighted by atomic mass is 9.98. The first-order chi connectivity index (χ1) is 20.1. The predicted molar refractivity (Wildman–Crippen MR) is 155 cm³/mol. The molecule has 0 aliphatic carbocycles. The summed E-state index contributed by atoms with van der Waals surface area (Å²) in [6.07, 6.45) is -2.84. The zero-order chi connectivity index (χ0) is 29.9. The number of amides is 2. The summed E-state index contributed by atoms with van der Waals surface area (Å²) in [7, 11) is 1.69. The van der Waals surface area contributed by atoms with Gasteiger partial charge in [0.15, 0.2) is 0 Å². The summed E-state index contributed by atoms with van der Waals surface area (Å²) in [5, 5.41) is 15.1. The number of anilines is 1. The van der Waals surface area contributed by atoms with E-state index in [1.807, 2.05) is 36.4 Å². The Morgan fingerprint density at radius 2 is 1.38 bits per heavy atom. The third-order valence-electron chi connectivity index (χ3n) is 6.80. The maximum absolute atomic E-state index is 13.2. The van der Waals surface area contributed by atoms with Crippen molar-refractivity contribution in [1.82, 2.24) is 9.88 Å². The first-order valence-electron chi connectivity index (χ1n) is 13.0. The lowest BCUT2D eigenvalue weighted by Crippen LogP contribution is -2.24. The van der Waals surface area contributed by atoms with Crippen molar-refractivity contribution in [1.29, 1.82) is 0 Å². The number of halogens is 3. The van der Waals surface area contributed by atoms with Crippen molar-refractivity contribution < 1.29 is 27.9 Å². The van der Waals surface area contributed by atoms with Gasteiger partial charge in [-0.1, -0.05) is 66.7 Å². The SMILES string of the molecule is Cn1cc(NC(=O)c2ccccc2-c2ccc(C(F)(F)F)cc2)cc1C(=O)NCc1ccc(-c2ccc(O)cc2)cc1. The van der Waals surface area contributed by atoms with Gasteiger partial charge in [-0.3, -0.25) is 9.59 Å². The van der Waals surface area contributed by atoms with Crippen LogP contribution in [0.4, 0.5) is 18.9 Å². The second kappa shape index (κ2) is 11.7. The maximum atomic E-state index is 13.2. The average molecular weight is 570 g/mol. The first-order valence-corrected chi connectivity index (χ1v) is 13.0. The summed E-state index contributed by atoms with van der Waals surface area (Å²) >= 11 is 0. The molecule has 4 aromatic carbocycles. The van der Waals surface area contributed by atoms with Gasteiger partial charge in [0.25, 0.3) is 11.8 Å². The van der Waals surface area contributed by atoms with Crippen molar-refractivity contribution in [2.45, 2.75) is 12.7 Å². The molecule has 5 aromatic rings. The Balaban J connectivity index is 1.24. The van der Waals surface area contributed by atoms with Crippen molar-refractivity contribution in [3.05, 3.63) is 132 Å². The number of benzene rings is 4. The fraction of sp³-hybridized carbons (Fsp3) is 0.0909. The summed E-state index contributed by atoms with van der Waals surface area (Å²) in [6, 6.07) is 27.4. The highest BCUT2D eigenvalue weighted by molar-refractivity contribution is 6.09. The molecule has 0 fully saturated rings. The topological polar surface area (TPSA) is 83.4 Å². The van der Waals surface area contributed by atoms with E-state index in [4.69, 9.17) is 0 Å². The van der Waals surface area contributed by atoms with Gasteiger partial charge in [0.05, 0.1) is 11.3 Å². The van der Waals surface area contributed by atoms with Gasteiger partial charge in [-0.2, -0.15) is 13.2 Å². The van der Waals surface area contributed by atoms with E-state index in [-0.39, 0.29) is 17.2 Å². The minimum Gasteiger partial charge on any atom is -0.508 e. The molecule has 0 saturated heterocycles. The Morgan fingerprint density at radius 1 is 0.786 bits per heavy atom. The van der Waals surface area contributed by atoms with E-state index in [9.17, 15) is 27.9 Å². The van der Waals surface area contributed by atoms with Gasteiger partial charge in [0.2, 0.25) is 0 Å². The van der Waals surface area contributed by atoms with Crippen molar-refractivity contribution >= 4 is 17.5 Å². The summed E-state index contributed by atoms with van der Waals surface area (Å²) in [6.45, 7) is 0.294. The van der Waals surface area contributed by atoms with Crippen LogP contribution in [0.5, 0.6) is 5.75 Å². The van der Waals surface area contributed by atoms with Crippen molar-refractivity contribution in [3.63, 3.8) is 0 Å². The van der Waals surface area contributed by atoms with E-state index in [0.29, 0.717) is 29.1 Å². The largest absolute Gasteiger partial charge is 0.508 e. The lowest BCUT2D eigenvalue weighted by Gasteiger charge is -2.11. The molecule has 0 spiro atoms. The van der Waals surface area contributed by atoms with Crippen LogP contribution in [0.1, 0.15) is 32.0 Å². The second-order valence-electron chi connectivity index (χ2n) is 9.73. The van der Waals surface area contributed by atoms with E-state index < -0.39 is 17.6 Å². The number of hydrogen-bond acceptors (Lipinski definition) is 3. The Bertz CT molecular complexity index is 1720. The van der Waals surface area contributed by atoms with Crippen molar-refractivity contribution in [2.24, 2.45) is 7.05 Å². The quantitative estimate of drug-likeness (QED) is 0.193. The molecule has 9 heteroatoms. The average Bonchev–Trinajstić information content (AvgIpc) is 3.36. The fourth-order valence-electron chi connectivity index (χ4n) is 4.57. The highest BCUT2D eigenvalue weighted by Gasteiger charge is 2.30. The van der Waals surface area contributed by atoms with E-state index in [1.54, 1.807) is 60.3 Å². The molecule has 2 amide bonds. The number of aryl methyl sites for hydroxylation is 1. The van der Waals surface area contributed by atoms with Gasteiger partial charge in [0.1, 0.15) is 11.4 Å². The molecular formula is C33H26F3N3O3. The van der Waals surface area contributed by atoms with Gasteiger partial charge in [-0.15, -0.1) is 0 Å². The van der Waals surface area contributed by atoms with Crippen LogP contribution in [-0.2, 0) is 19.8 Å². The lowest BCUT2D eigenvalue weighted by molar-refractivity contribution is -0.137.